The minimum atomic E-state index is 0.645. The van der Waals surface area contributed by atoms with E-state index in [9.17, 15) is 0 Å². The lowest BCUT2D eigenvalue weighted by Gasteiger charge is -2.10. The van der Waals surface area contributed by atoms with Gasteiger partial charge in [0, 0.05) is 29.4 Å². The molecular formula is C17H19N5S. The molecule has 23 heavy (non-hydrogen) atoms. The Hall–Kier alpha value is -2.18. The minimum absolute atomic E-state index is 0.645. The fourth-order valence-corrected chi connectivity index (χ4v) is 2.72. The second kappa shape index (κ2) is 7.39. The molecule has 0 amide bonds. The third-order valence-electron chi connectivity index (χ3n) is 3.52. The van der Waals surface area contributed by atoms with Crippen LogP contribution in [-0.4, -0.2) is 34.3 Å². The summed E-state index contributed by atoms with van der Waals surface area (Å²) < 4.78 is 0. The van der Waals surface area contributed by atoms with Crippen LogP contribution in [0.15, 0.2) is 47.6 Å². The van der Waals surface area contributed by atoms with Crippen molar-refractivity contribution in [3.05, 3.63) is 42.7 Å². The van der Waals surface area contributed by atoms with Crippen LogP contribution in [0.3, 0.4) is 0 Å². The SMILES string of the molecule is CSc1ccc(-c2cc3nccnc3c(NCCCN)n2)cc1. The number of aromatic nitrogens is 3. The van der Waals surface area contributed by atoms with Gasteiger partial charge in [0.05, 0.1) is 11.2 Å². The van der Waals surface area contributed by atoms with Crippen LogP contribution in [0.1, 0.15) is 6.42 Å². The van der Waals surface area contributed by atoms with Gasteiger partial charge in [-0.05, 0) is 37.4 Å². The second-order valence-corrected chi connectivity index (χ2v) is 5.96. The Labute approximate surface area is 139 Å². The Morgan fingerprint density at radius 1 is 1.13 bits per heavy atom. The molecule has 5 nitrogen and oxygen atoms in total. The highest BCUT2D eigenvalue weighted by atomic mass is 32.2. The molecule has 0 aliphatic heterocycles. The molecule has 0 aliphatic carbocycles. The summed E-state index contributed by atoms with van der Waals surface area (Å²) in [5, 5.41) is 3.32. The van der Waals surface area contributed by atoms with Crippen LogP contribution < -0.4 is 11.1 Å². The van der Waals surface area contributed by atoms with Gasteiger partial charge in [-0.1, -0.05) is 12.1 Å². The van der Waals surface area contributed by atoms with Gasteiger partial charge in [0.15, 0.2) is 5.82 Å². The zero-order valence-electron chi connectivity index (χ0n) is 13.0. The number of rotatable bonds is 6. The Bertz CT molecular complexity index is 789. The van der Waals surface area contributed by atoms with Crippen molar-refractivity contribution >= 4 is 28.6 Å². The molecule has 118 valence electrons. The first kappa shape index (κ1) is 15.7. The van der Waals surface area contributed by atoms with E-state index in [1.165, 1.54) is 4.90 Å². The van der Waals surface area contributed by atoms with Crippen molar-refractivity contribution in [2.75, 3.05) is 24.7 Å². The molecule has 0 saturated heterocycles. The number of hydrogen-bond donors (Lipinski definition) is 2. The molecule has 2 heterocycles. The molecule has 0 bridgehead atoms. The smallest absolute Gasteiger partial charge is 0.154 e. The van der Waals surface area contributed by atoms with E-state index in [0.29, 0.717) is 6.54 Å². The molecule has 0 aliphatic rings. The van der Waals surface area contributed by atoms with E-state index in [0.717, 1.165) is 41.1 Å². The molecule has 3 rings (SSSR count). The average Bonchev–Trinajstić information content (AvgIpc) is 2.62. The van der Waals surface area contributed by atoms with Gasteiger partial charge < -0.3 is 11.1 Å². The molecule has 2 aromatic heterocycles. The van der Waals surface area contributed by atoms with E-state index in [2.05, 4.69) is 45.8 Å². The van der Waals surface area contributed by atoms with E-state index in [1.54, 1.807) is 24.2 Å². The Kier molecular flexibility index (Phi) is 5.05. The average molecular weight is 325 g/mol. The number of nitrogens with zero attached hydrogens (tertiary/aromatic N) is 3. The maximum absolute atomic E-state index is 5.56. The Morgan fingerprint density at radius 2 is 1.91 bits per heavy atom. The van der Waals surface area contributed by atoms with E-state index in [1.807, 2.05) is 6.07 Å². The van der Waals surface area contributed by atoms with Gasteiger partial charge in [0.2, 0.25) is 0 Å². The van der Waals surface area contributed by atoms with Gasteiger partial charge in [-0.25, -0.2) is 9.97 Å². The summed E-state index contributed by atoms with van der Waals surface area (Å²) in [6.07, 6.45) is 6.34. The quantitative estimate of drug-likeness (QED) is 0.535. The van der Waals surface area contributed by atoms with Crippen LogP contribution in [0.5, 0.6) is 0 Å². The van der Waals surface area contributed by atoms with Gasteiger partial charge in [-0.3, -0.25) is 4.98 Å². The molecule has 0 fully saturated rings. The summed E-state index contributed by atoms with van der Waals surface area (Å²) in [5.41, 5.74) is 9.14. The predicted octanol–water partition coefficient (Wildman–Crippen LogP) is 3.17. The van der Waals surface area contributed by atoms with Crippen molar-refractivity contribution in [3.63, 3.8) is 0 Å². The van der Waals surface area contributed by atoms with E-state index < -0.39 is 0 Å². The minimum Gasteiger partial charge on any atom is -0.368 e. The molecule has 0 radical (unpaired) electrons. The number of pyridine rings is 1. The second-order valence-electron chi connectivity index (χ2n) is 5.08. The lowest BCUT2D eigenvalue weighted by atomic mass is 10.1. The maximum atomic E-state index is 5.56. The molecule has 0 atom stereocenters. The van der Waals surface area contributed by atoms with Crippen LogP contribution in [0, 0.1) is 0 Å². The summed E-state index contributed by atoms with van der Waals surface area (Å²) in [7, 11) is 0. The first-order valence-corrected chi connectivity index (χ1v) is 8.74. The number of hydrogen-bond acceptors (Lipinski definition) is 6. The Morgan fingerprint density at radius 3 is 2.65 bits per heavy atom. The highest BCUT2D eigenvalue weighted by Gasteiger charge is 2.09. The fourth-order valence-electron chi connectivity index (χ4n) is 2.31. The number of thioether (sulfide) groups is 1. The molecule has 6 heteroatoms. The fraction of sp³-hybridized carbons (Fsp3) is 0.235. The standard InChI is InChI=1S/C17H19N5S/c1-23-13-5-3-12(4-6-13)14-11-15-16(20-10-9-19-15)17(22-14)21-8-2-7-18/h3-6,9-11H,2,7-8,18H2,1H3,(H,21,22). The molecule has 0 unspecified atom stereocenters. The van der Waals surface area contributed by atoms with Gasteiger partial charge >= 0.3 is 0 Å². The van der Waals surface area contributed by atoms with E-state index in [4.69, 9.17) is 10.7 Å². The summed E-state index contributed by atoms with van der Waals surface area (Å²) in [6.45, 7) is 1.41. The summed E-state index contributed by atoms with van der Waals surface area (Å²) >= 11 is 1.73. The zero-order chi connectivity index (χ0) is 16.1. The molecule has 0 saturated carbocycles. The lowest BCUT2D eigenvalue weighted by Crippen LogP contribution is -2.10. The van der Waals surface area contributed by atoms with Gasteiger partial charge in [0.25, 0.3) is 0 Å². The molecular weight excluding hydrogens is 306 g/mol. The van der Waals surface area contributed by atoms with Gasteiger partial charge in [-0.15, -0.1) is 11.8 Å². The normalized spacial score (nSPS) is 10.9. The lowest BCUT2D eigenvalue weighted by molar-refractivity contribution is 0.871. The summed E-state index contributed by atoms with van der Waals surface area (Å²) in [4.78, 5) is 14.8. The largest absolute Gasteiger partial charge is 0.368 e. The zero-order valence-corrected chi connectivity index (χ0v) is 13.8. The van der Waals surface area contributed by atoms with Crippen LogP contribution >= 0.6 is 11.8 Å². The monoisotopic (exact) mass is 325 g/mol. The van der Waals surface area contributed by atoms with Crippen LogP contribution in [0.4, 0.5) is 5.82 Å². The highest BCUT2D eigenvalue weighted by Crippen LogP contribution is 2.26. The first-order chi connectivity index (χ1) is 11.3. The van der Waals surface area contributed by atoms with E-state index in [-0.39, 0.29) is 0 Å². The molecule has 0 spiro atoms. The van der Waals surface area contributed by atoms with Gasteiger partial charge in [0.1, 0.15) is 5.52 Å². The van der Waals surface area contributed by atoms with Crippen molar-refractivity contribution in [1.82, 2.24) is 15.0 Å². The third-order valence-corrected chi connectivity index (χ3v) is 4.26. The predicted molar refractivity (Wildman–Crippen MR) is 96.7 cm³/mol. The summed E-state index contributed by atoms with van der Waals surface area (Å²) in [5.74, 6) is 0.757. The van der Waals surface area contributed by atoms with Crippen molar-refractivity contribution in [2.24, 2.45) is 5.73 Å². The number of anilines is 1. The number of nitrogens with one attached hydrogen (secondary N) is 1. The number of benzene rings is 1. The molecule has 1 aromatic carbocycles. The van der Waals surface area contributed by atoms with E-state index >= 15 is 0 Å². The Balaban J connectivity index is 2.02. The number of fused-ring (bicyclic) bond motifs is 1. The highest BCUT2D eigenvalue weighted by molar-refractivity contribution is 7.98. The van der Waals surface area contributed by atoms with Crippen molar-refractivity contribution in [3.8, 4) is 11.3 Å². The van der Waals surface area contributed by atoms with Crippen molar-refractivity contribution in [2.45, 2.75) is 11.3 Å². The molecule has 3 N–H and O–H groups in total. The topological polar surface area (TPSA) is 76.7 Å². The first-order valence-electron chi connectivity index (χ1n) is 7.52. The van der Waals surface area contributed by atoms with Crippen LogP contribution in [0.25, 0.3) is 22.3 Å². The molecule has 3 aromatic rings. The third kappa shape index (κ3) is 3.60. The summed E-state index contributed by atoms with van der Waals surface area (Å²) in [6, 6.07) is 10.3. The van der Waals surface area contributed by atoms with Crippen LogP contribution in [0.2, 0.25) is 0 Å². The maximum Gasteiger partial charge on any atom is 0.154 e. The van der Waals surface area contributed by atoms with Gasteiger partial charge in [-0.2, -0.15) is 0 Å². The number of nitrogens with two attached hydrogens (primary N) is 1. The van der Waals surface area contributed by atoms with Crippen molar-refractivity contribution < 1.29 is 0 Å². The van der Waals surface area contributed by atoms with Crippen molar-refractivity contribution in [1.29, 1.82) is 0 Å². The van der Waals surface area contributed by atoms with Crippen LogP contribution in [-0.2, 0) is 0 Å².